The van der Waals surface area contributed by atoms with Crippen molar-refractivity contribution in [3.05, 3.63) is 47.9 Å². The summed E-state index contributed by atoms with van der Waals surface area (Å²) >= 11 is 0. The molecule has 1 aromatic heterocycles. The van der Waals surface area contributed by atoms with Crippen LogP contribution >= 0.6 is 0 Å². The van der Waals surface area contributed by atoms with Crippen LogP contribution in [0.1, 0.15) is 34.9 Å². The second kappa shape index (κ2) is 7.58. The average Bonchev–Trinajstić information content (AvgIpc) is 3.21. The quantitative estimate of drug-likeness (QED) is 0.827. The van der Waals surface area contributed by atoms with Crippen LogP contribution in [-0.2, 0) is 4.79 Å². The molecule has 7 nitrogen and oxygen atoms in total. The second-order valence-corrected chi connectivity index (χ2v) is 7.29. The average molecular weight is 384 g/mol. The Kier molecular flexibility index (Phi) is 4.98. The number of methoxy groups -OCH3 is 2. The van der Waals surface area contributed by atoms with Gasteiger partial charge in [-0.25, -0.2) is 0 Å². The smallest absolute Gasteiger partial charge is 0.289 e. The van der Waals surface area contributed by atoms with Gasteiger partial charge in [-0.3, -0.25) is 9.59 Å². The van der Waals surface area contributed by atoms with Crippen LogP contribution in [0.25, 0.3) is 0 Å². The number of amides is 2. The van der Waals surface area contributed by atoms with Crippen molar-refractivity contribution in [3.63, 3.8) is 0 Å². The molecule has 0 spiro atoms. The minimum Gasteiger partial charge on any atom is -0.497 e. The topological polar surface area (TPSA) is 81.0 Å². The van der Waals surface area contributed by atoms with Crippen molar-refractivity contribution in [2.45, 2.75) is 24.8 Å². The Bertz CT molecular complexity index is 860. The molecule has 2 heterocycles. The molecule has 2 amide bonds. The summed E-state index contributed by atoms with van der Waals surface area (Å²) < 4.78 is 16.1. The SMILES string of the molecule is COc1ccc([C@H]2CN(C(=O)c3ccco3)C[C@@H]2C(=O)NC2CC2)c(OC)c1. The first-order valence-electron chi connectivity index (χ1n) is 9.45. The number of furan rings is 1. The molecule has 1 saturated heterocycles. The highest BCUT2D eigenvalue weighted by Gasteiger charge is 2.43. The van der Waals surface area contributed by atoms with Crippen molar-refractivity contribution in [1.29, 1.82) is 0 Å². The molecular formula is C21H24N2O5. The van der Waals surface area contributed by atoms with Crippen molar-refractivity contribution in [1.82, 2.24) is 10.2 Å². The van der Waals surface area contributed by atoms with Crippen molar-refractivity contribution in [3.8, 4) is 11.5 Å². The van der Waals surface area contributed by atoms with Crippen molar-refractivity contribution in [2.75, 3.05) is 27.3 Å². The van der Waals surface area contributed by atoms with Crippen LogP contribution < -0.4 is 14.8 Å². The minimum atomic E-state index is -0.346. The van der Waals surface area contributed by atoms with Crippen molar-refractivity contribution < 1.29 is 23.5 Å². The molecular weight excluding hydrogens is 360 g/mol. The summed E-state index contributed by atoms with van der Waals surface area (Å²) in [5.74, 6) is 0.885. The second-order valence-electron chi connectivity index (χ2n) is 7.29. The largest absolute Gasteiger partial charge is 0.497 e. The molecule has 1 N–H and O–H groups in total. The van der Waals surface area contributed by atoms with Gasteiger partial charge in [-0.2, -0.15) is 0 Å². The van der Waals surface area contributed by atoms with Gasteiger partial charge in [0.2, 0.25) is 5.91 Å². The lowest BCUT2D eigenvalue weighted by atomic mass is 9.87. The lowest BCUT2D eigenvalue weighted by Gasteiger charge is -2.20. The number of hydrogen-bond acceptors (Lipinski definition) is 5. The minimum absolute atomic E-state index is 0.0138. The lowest BCUT2D eigenvalue weighted by molar-refractivity contribution is -0.125. The van der Waals surface area contributed by atoms with E-state index in [0.29, 0.717) is 24.6 Å². The zero-order valence-electron chi connectivity index (χ0n) is 16.0. The summed E-state index contributed by atoms with van der Waals surface area (Å²) in [6.07, 6.45) is 3.51. The van der Waals surface area contributed by atoms with E-state index in [2.05, 4.69) is 5.32 Å². The zero-order chi connectivity index (χ0) is 19.7. The van der Waals surface area contributed by atoms with Crippen LogP contribution in [-0.4, -0.2) is 50.1 Å². The van der Waals surface area contributed by atoms with Crippen LogP contribution in [0.4, 0.5) is 0 Å². The molecule has 2 aromatic rings. The maximum atomic E-state index is 12.9. The van der Waals surface area contributed by atoms with Crippen LogP contribution in [0.3, 0.4) is 0 Å². The number of rotatable bonds is 6. The number of benzene rings is 1. The molecule has 7 heteroatoms. The Balaban J connectivity index is 1.63. The third-order valence-electron chi connectivity index (χ3n) is 5.44. The normalized spacial score (nSPS) is 21.4. The van der Waals surface area contributed by atoms with E-state index in [1.54, 1.807) is 31.3 Å². The molecule has 2 fully saturated rings. The molecule has 1 aliphatic heterocycles. The van der Waals surface area contributed by atoms with E-state index in [0.717, 1.165) is 18.4 Å². The number of likely N-dealkylation sites (tertiary alicyclic amines) is 1. The van der Waals surface area contributed by atoms with Gasteiger partial charge in [0.05, 0.1) is 26.4 Å². The van der Waals surface area contributed by atoms with E-state index in [4.69, 9.17) is 13.9 Å². The number of carbonyl (C=O) groups excluding carboxylic acids is 2. The fourth-order valence-corrected chi connectivity index (χ4v) is 3.77. The van der Waals surface area contributed by atoms with E-state index in [9.17, 15) is 9.59 Å². The fourth-order valence-electron chi connectivity index (χ4n) is 3.77. The van der Waals surface area contributed by atoms with Crippen LogP contribution in [0.2, 0.25) is 0 Å². The summed E-state index contributed by atoms with van der Waals surface area (Å²) in [7, 11) is 3.19. The molecule has 1 aliphatic carbocycles. The Morgan fingerprint density at radius 3 is 2.61 bits per heavy atom. The predicted molar refractivity (Wildman–Crippen MR) is 102 cm³/mol. The summed E-state index contributed by atoms with van der Waals surface area (Å²) in [6.45, 7) is 0.767. The maximum absolute atomic E-state index is 12.9. The molecule has 0 radical (unpaired) electrons. The van der Waals surface area contributed by atoms with Gasteiger partial charge < -0.3 is 24.1 Å². The third-order valence-corrected chi connectivity index (χ3v) is 5.44. The molecule has 0 unspecified atom stereocenters. The number of nitrogens with zero attached hydrogens (tertiary/aromatic N) is 1. The van der Waals surface area contributed by atoms with E-state index >= 15 is 0 Å². The molecule has 148 valence electrons. The fraction of sp³-hybridized carbons (Fsp3) is 0.429. The zero-order valence-corrected chi connectivity index (χ0v) is 16.0. The van der Waals surface area contributed by atoms with E-state index < -0.39 is 0 Å². The third kappa shape index (κ3) is 3.56. The summed E-state index contributed by atoms with van der Waals surface area (Å²) in [5, 5.41) is 3.08. The number of hydrogen-bond donors (Lipinski definition) is 1. The van der Waals surface area contributed by atoms with E-state index in [-0.39, 0.29) is 35.5 Å². The number of ether oxygens (including phenoxy) is 2. The van der Waals surface area contributed by atoms with Crippen LogP contribution in [0.15, 0.2) is 41.0 Å². The van der Waals surface area contributed by atoms with Crippen LogP contribution in [0.5, 0.6) is 11.5 Å². The first kappa shape index (κ1) is 18.4. The first-order valence-corrected chi connectivity index (χ1v) is 9.45. The first-order chi connectivity index (χ1) is 13.6. The molecule has 28 heavy (non-hydrogen) atoms. The Morgan fingerprint density at radius 2 is 1.96 bits per heavy atom. The summed E-state index contributed by atoms with van der Waals surface area (Å²) in [5.41, 5.74) is 0.897. The highest BCUT2D eigenvalue weighted by atomic mass is 16.5. The lowest BCUT2D eigenvalue weighted by Crippen LogP contribution is -2.36. The monoisotopic (exact) mass is 384 g/mol. The van der Waals surface area contributed by atoms with Crippen LogP contribution in [0, 0.1) is 5.92 Å². The van der Waals surface area contributed by atoms with Gasteiger partial charge in [0.1, 0.15) is 11.5 Å². The molecule has 4 rings (SSSR count). The molecule has 2 atom stereocenters. The molecule has 2 aliphatic rings. The predicted octanol–water partition coefficient (Wildman–Crippen LogP) is 2.43. The van der Waals surface area contributed by atoms with Gasteiger partial charge in [0.25, 0.3) is 5.91 Å². The molecule has 1 saturated carbocycles. The Morgan fingerprint density at radius 1 is 1.14 bits per heavy atom. The van der Waals surface area contributed by atoms with Gasteiger partial charge in [0.15, 0.2) is 5.76 Å². The Labute approximate surface area is 163 Å². The van der Waals surface area contributed by atoms with Gasteiger partial charge in [-0.1, -0.05) is 6.07 Å². The van der Waals surface area contributed by atoms with Gasteiger partial charge in [0, 0.05) is 36.7 Å². The standard InChI is InChI=1S/C21H24N2O5/c1-26-14-7-8-15(19(10-14)27-2)16-11-23(21(25)18-4-3-9-28-18)12-17(16)20(24)22-13-5-6-13/h3-4,7-10,13,16-17H,5-6,11-12H2,1-2H3,(H,22,24)/t16-,17+/m1/s1. The van der Waals surface area contributed by atoms with Crippen molar-refractivity contribution in [2.24, 2.45) is 5.92 Å². The highest BCUT2D eigenvalue weighted by Crippen LogP contribution is 2.40. The summed E-state index contributed by atoms with van der Waals surface area (Å²) in [6, 6.07) is 9.17. The molecule has 0 bridgehead atoms. The molecule has 1 aromatic carbocycles. The van der Waals surface area contributed by atoms with E-state index in [1.807, 2.05) is 18.2 Å². The number of nitrogens with one attached hydrogen (secondary N) is 1. The van der Waals surface area contributed by atoms with Gasteiger partial charge in [-0.15, -0.1) is 0 Å². The van der Waals surface area contributed by atoms with Gasteiger partial charge in [-0.05, 0) is 31.0 Å². The number of carbonyl (C=O) groups is 2. The summed E-state index contributed by atoms with van der Waals surface area (Å²) in [4.78, 5) is 27.4. The van der Waals surface area contributed by atoms with Gasteiger partial charge >= 0.3 is 0 Å². The van der Waals surface area contributed by atoms with Crippen molar-refractivity contribution >= 4 is 11.8 Å². The maximum Gasteiger partial charge on any atom is 0.289 e. The highest BCUT2D eigenvalue weighted by molar-refractivity contribution is 5.93. The Hall–Kier alpha value is -2.96. The van der Waals surface area contributed by atoms with E-state index in [1.165, 1.54) is 6.26 Å².